The van der Waals surface area contributed by atoms with E-state index in [1.165, 1.54) is 18.3 Å². The number of rotatable bonds is 5. The number of hydrogen-bond donors (Lipinski definition) is 2. The van der Waals surface area contributed by atoms with Crippen LogP contribution in [0, 0.1) is 0 Å². The van der Waals surface area contributed by atoms with Gasteiger partial charge in [0, 0.05) is 41.2 Å². The third-order valence-electron chi connectivity index (χ3n) is 4.87. The number of fused-ring (bicyclic) bond motifs is 1. The van der Waals surface area contributed by atoms with Crippen molar-refractivity contribution in [2.24, 2.45) is 0 Å². The molecule has 1 aliphatic rings. The largest absolute Gasteiger partial charge is 0.369 e. The fourth-order valence-electron chi connectivity index (χ4n) is 3.40. The number of benzene rings is 2. The van der Waals surface area contributed by atoms with Crippen molar-refractivity contribution < 1.29 is 8.78 Å². The minimum absolute atomic E-state index is 0.147. The minimum atomic E-state index is -2.59. The van der Waals surface area contributed by atoms with Crippen molar-refractivity contribution in [3.05, 3.63) is 47.7 Å². The van der Waals surface area contributed by atoms with Crippen molar-refractivity contribution in [3.8, 4) is 0 Å². The first kappa shape index (κ1) is 20.1. The Kier molecular flexibility index (Phi) is 5.76. The third-order valence-corrected chi connectivity index (χ3v) is 5.80. The molecule has 0 atom stereocenters. The summed E-state index contributed by atoms with van der Waals surface area (Å²) in [6, 6.07) is 11.4. The summed E-state index contributed by atoms with van der Waals surface area (Å²) in [5, 5.41) is 4.76. The van der Waals surface area contributed by atoms with Gasteiger partial charge in [0.25, 0.3) is 5.92 Å². The molecule has 1 saturated heterocycles. The van der Waals surface area contributed by atoms with Crippen LogP contribution in [0.3, 0.4) is 0 Å². The van der Waals surface area contributed by atoms with E-state index in [9.17, 15) is 8.78 Å². The van der Waals surface area contributed by atoms with Crippen molar-refractivity contribution >= 4 is 51.6 Å². The lowest BCUT2D eigenvalue weighted by atomic mass is 10.1. The van der Waals surface area contributed by atoms with E-state index >= 15 is 0 Å². The molecule has 29 heavy (non-hydrogen) atoms. The molecular formula is C20H20ClF2N5S. The van der Waals surface area contributed by atoms with E-state index in [1.54, 1.807) is 6.07 Å². The van der Waals surface area contributed by atoms with E-state index in [2.05, 4.69) is 20.0 Å². The second-order valence-corrected chi connectivity index (χ2v) is 8.36. The fourth-order valence-corrected chi connectivity index (χ4v) is 4.12. The van der Waals surface area contributed by atoms with Crippen LogP contribution in [-0.4, -0.2) is 36.0 Å². The summed E-state index contributed by atoms with van der Waals surface area (Å²) in [6.07, 6.45) is 1.20. The van der Waals surface area contributed by atoms with Gasteiger partial charge >= 0.3 is 0 Å². The molecule has 4 rings (SSSR count). The predicted molar refractivity (Wildman–Crippen MR) is 116 cm³/mol. The van der Waals surface area contributed by atoms with Gasteiger partial charge in [-0.1, -0.05) is 11.6 Å². The van der Waals surface area contributed by atoms with Crippen LogP contribution >= 0.6 is 23.5 Å². The molecule has 0 saturated carbocycles. The van der Waals surface area contributed by atoms with Crippen LogP contribution in [0.25, 0.3) is 10.9 Å². The van der Waals surface area contributed by atoms with E-state index in [1.807, 2.05) is 42.3 Å². The van der Waals surface area contributed by atoms with Gasteiger partial charge in [0.2, 0.25) is 0 Å². The quantitative estimate of drug-likeness (QED) is 0.517. The zero-order valence-corrected chi connectivity index (χ0v) is 17.3. The van der Waals surface area contributed by atoms with Crippen LogP contribution in [0.15, 0.2) is 47.6 Å². The van der Waals surface area contributed by atoms with Crippen LogP contribution < -0.4 is 14.9 Å². The molecule has 2 N–H and O–H groups in total. The lowest BCUT2D eigenvalue weighted by Gasteiger charge is -2.34. The van der Waals surface area contributed by atoms with Crippen molar-refractivity contribution in [2.75, 3.05) is 30.4 Å². The standard InChI is InChI=1S/C20H20ClF2N5S/c1-24-29-14-3-5-18(28-8-6-20(22,23)7-9-28)17(11-14)27-19-15-10-13(21)2-4-16(15)25-12-26-19/h2-5,10-12,24H,6-9H2,1H3,(H,25,26,27). The number of aromatic nitrogens is 2. The van der Waals surface area contributed by atoms with Gasteiger partial charge in [-0.25, -0.2) is 18.7 Å². The summed E-state index contributed by atoms with van der Waals surface area (Å²) in [5.74, 6) is -1.97. The van der Waals surface area contributed by atoms with Crippen molar-refractivity contribution in [3.63, 3.8) is 0 Å². The van der Waals surface area contributed by atoms with Gasteiger partial charge in [0.1, 0.15) is 12.1 Å². The summed E-state index contributed by atoms with van der Waals surface area (Å²) >= 11 is 7.64. The number of nitrogens with zero attached hydrogens (tertiary/aromatic N) is 3. The number of hydrogen-bond acceptors (Lipinski definition) is 6. The normalized spacial score (nSPS) is 16.2. The van der Waals surface area contributed by atoms with Crippen molar-refractivity contribution in [2.45, 2.75) is 23.7 Å². The van der Waals surface area contributed by atoms with Gasteiger partial charge in [0.05, 0.1) is 16.9 Å². The van der Waals surface area contributed by atoms with Gasteiger partial charge in [-0.15, -0.1) is 0 Å². The molecule has 9 heteroatoms. The van der Waals surface area contributed by atoms with E-state index in [-0.39, 0.29) is 12.8 Å². The number of piperidine rings is 1. The second-order valence-electron chi connectivity index (χ2n) is 6.84. The molecule has 0 bridgehead atoms. The maximum absolute atomic E-state index is 13.6. The number of anilines is 3. The third kappa shape index (κ3) is 4.55. The monoisotopic (exact) mass is 435 g/mol. The molecule has 0 unspecified atom stereocenters. The van der Waals surface area contributed by atoms with Gasteiger partial charge in [0.15, 0.2) is 0 Å². The number of halogens is 3. The maximum Gasteiger partial charge on any atom is 0.251 e. The zero-order chi connectivity index (χ0) is 20.4. The molecule has 5 nitrogen and oxygen atoms in total. The zero-order valence-electron chi connectivity index (χ0n) is 15.8. The van der Waals surface area contributed by atoms with E-state index in [4.69, 9.17) is 11.6 Å². The van der Waals surface area contributed by atoms with Crippen LogP contribution in [0.5, 0.6) is 0 Å². The lowest BCUT2D eigenvalue weighted by molar-refractivity contribution is -0.0220. The molecule has 1 aromatic heterocycles. The smallest absolute Gasteiger partial charge is 0.251 e. The second kappa shape index (κ2) is 8.30. The molecule has 0 aliphatic carbocycles. The van der Waals surface area contributed by atoms with E-state index < -0.39 is 5.92 Å². The van der Waals surface area contributed by atoms with Crippen LogP contribution in [0.4, 0.5) is 26.0 Å². The average molecular weight is 436 g/mol. The average Bonchev–Trinajstić information content (AvgIpc) is 2.69. The maximum atomic E-state index is 13.6. The highest BCUT2D eigenvalue weighted by molar-refractivity contribution is 7.97. The Morgan fingerprint density at radius 3 is 2.66 bits per heavy atom. The Balaban J connectivity index is 1.72. The van der Waals surface area contributed by atoms with Crippen LogP contribution in [-0.2, 0) is 0 Å². The molecule has 152 valence electrons. The highest BCUT2D eigenvalue weighted by Gasteiger charge is 2.34. The summed E-state index contributed by atoms with van der Waals surface area (Å²) < 4.78 is 30.3. The Bertz CT molecular complexity index is 1020. The molecule has 0 amide bonds. The Hall–Kier alpha value is -2.16. The first-order chi connectivity index (χ1) is 13.9. The SMILES string of the molecule is CNSc1ccc(N2CCC(F)(F)CC2)c(Nc2ncnc3ccc(Cl)cc23)c1. The molecule has 1 aliphatic heterocycles. The first-order valence-electron chi connectivity index (χ1n) is 9.23. The molecular weight excluding hydrogens is 416 g/mol. The highest BCUT2D eigenvalue weighted by Crippen LogP contribution is 2.37. The summed E-state index contributed by atoms with van der Waals surface area (Å²) in [6.45, 7) is 0.604. The van der Waals surface area contributed by atoms with Crippen LogP contribution in [0.1, 0.15) is 12.8 Å². The van der Waals surface area contributed by atoms with Crippen molar-refractivity contribution in [1.29, 1.82) is 0 Å². The van der Waals surface area contributed by atoms with Gasteiger partial charge in [-0.2, -0.15) is 0 Å². The first-order valence-corrected chi connectivity index (χ1v) is 10.4. The number of nitrogens with one attached hydrogen (secondary N) is 2. The van der Waals surface area contributed by atoms with Crippen molar-refractivity contribution in [1.82, 2.24) is 14.7 Å². The van der Waals surface area contributed by atoms with Crippen LogP contribution in [0.2, 0.25) is 5.02 Å². The fraction of sp³-hybridized carbons (Fsp3) is 0.300. The van der Waals surface area contributed by atoms with Gasteiger partial charge < -0.3 is 10.2 Å². The molecule has 3 aromatic rings. The summed E-state index contributed by atoms with van der Waals surface area (Å²) in [7, 11) is 1.85. The number of alkyl halides is 2. The molecule has 0 radical (unpaired) electrons. The Morgan fingerprint density at radius 1 is 1.10 bits per heavy atom. The van der Waals surface area contributed by atoms with Gasteiger partial charge in [-0.3, -0.25) is 4.72 Å². The van der Waals surface area contributed by atoms with E-state index in [0.717, 1.165) is 27.2 Å². The Morgan fingerprint density at radius 2 is 1.90 bits per heavy atom. The predicted octanol–water partition coefficient (Wildman–Crippen LogP) is 5.49. The van der Waals surface area contributed by atoms with E-state index in [0.29, 0.717) is 23.9 Å². The topological polar surface area (TPSA) is 53.1 Å². The summed E-state index contributed by atoms with van der Waals surface area (Å²) in [5.41, 5.74) is 2.44. The lowest BCUT2D eigenvalue weighted by Crippen LogP contribution is -2.39. The highest BCUT2D eigenvalue weighted by atomic mass is 35.5. The minimum Gasteiger partial charge on any atom is -0.369 e. The summed E-state index contributed by atoms with van der Waals surface area (Å²) in [4.78, 5) is 11.7. The molecule has 0 spiro atoms. The molecule has 1 fully saturated rings. The molecule has 2 heterocycles. The Labute approximate surface area is 177 Å². The molecule has 2 aromatic carbocycles. The van der Waals surface area contributed by atoms with Gasteiger partial charge in [-0.05, 0) is 55.4 Å².